The number of hydrogen-bond acceptors (Lipinski definition) is 3. The lowest BCUT2D eigenvalue weighted by molar-refractivity contribution is 1.06. The number of hydrogen-bond donors (Lipinski definition) is 1. The Bertz CT molecular complexity index is 715. The molecule has 0 aliphatic carbocycles. The molecule has 3 aromatic rings. The molecule has 0 saturated carbocycles. The van der Waals surface area contributed by atoms with Crippen molar-refractivity contribution in [1.82, 2.24) is 9.97 Å². The standard InChI is InChI=1S/C15H12ClN3/c1-10-17-14(16)9-15(18-10)19-13-8-4-6-11-5-2-3-7-12(11)13/h2-9H,1H3,(H,17,18,19). The van der Waals surface area contributed by atoms with Gasteiger partial charge in [0.1, 0.15) is 16.8 Å². The van der Waals surface area contributed by atoms with Gasteiger partial charge in [-0.2, -0.15) is 0 Å². The minimum atomic E-state index is 0.440. The van der Waals surface area contributed by atoms with Gasteiger partial charge in [0.05, 0.1) is 0 Å². The minimum absolute atomic E-state index is 0.440. The highest BCUT2D eigenvalue weighted by Gasteiger charge is 2.03. The zero-order chi connectivity index (χ0) is 13.2. The topological polar surface area (TPSA) is 37.8 Å². The quantitative estimate of drug-likeness (QED) is 0.704. The van der Waals surface area contributed by atoms with Crippen molar-refractivity contribution in [3.05, 3.63) is 59.5 Å². The summed E-state index contributed by atoms with van der Waals surface area (Å²) in [5.74, 6) is 1.35. The van der Waals surface area contributed by atoms with Crippen LogP contribution in [0.25, 0.3) is 10.8 Å². The van der Waals surface area contributed by atoms with Gasteiger partial charge in [0, 0.05) is 17.1 Å². The Morgan fingerprint density at radius 1 is 1.00 bits per heavy atom. The van der Waals surface area contributed by atoms with E-state index in [0.29, 0.717) is 16.8 Å². The van der Waals surface area contributed by atoms with E-state index in [9.17, 15) is 0 Å². The van der Waals surface area contributed by atoms with Crippen LogP contribution in [0.2, 0.25) is 5.15 Å². The van der Waals surface area contributed by atoms with Crippen LogP contribution < -0.4 is 5.32 Å². The molecule has 0 unspecified atom stereocenters. The predicted octanol–water partition coefficient (Wildman–Crippen LogP) is 4.34. The van der Waals surface area contributed by atoms with E-state index in [4.69, 9.17) is 11.6 Å². The first-order valence-electron chi connectivity index (χ1n) is 5.98. The Morgan fingerprint density at radius 3 is 2.63 bits per heavy atom. The van der Waals surface area contributed by atoms with Crippen LogP contribution in [-0.4, -0.2) is 9.97 Å². The van der Waals surface area contributed by atoms with E-state index < -0.39 is 0 Å². The fourth-order valence-corrected chi connectivity index (χ4v) is 2.29. The van der Waals surface area contributed by atoms with E-state index in [2.05, 4.69) is 33.5 Å². The van der Waals surface area contributed by atoms with Crippen LogP contribution in [-0.2, 0) is 0 Å². The molecule has 19 heavy (non-hydrogen) atoms. The first-order chi connectivity index (χ1) is 9.22. The van der Waals surface area contributed by atoms with Crippen molar-refractivity contribution in [2.75, 3.05) is 5.32 Å². The molecule has 0 aliphatic heterocycles. The van der Waals surface area contributed by atoms with Crippen molar-refractivity contribution >= 4 is 33.9 Å². The van der Waals surface area contributed by atoms with Gasteiger partial charge in [-0.05, 0) is 18.4 Å². The van der Waals surface area contributed by atoms with Crippen molar-refractivity contribution in [1.29, 1.82) is 0 Å². The zero-order valence-electron chi connectivity index (χ0n) is 10.4. The maximum atomic E-state index is 5.94. The van der Waals surface area contributed by atoms with E-state index in [1.54, 1.807) is 6.07 Å². The first-order valence-corrected chi connectivity index (χ1v) is 6.36. The normalized spacial score (nSPS) is 10.6. The fraction of sp³-hybridized carbons (Fsp3) is 0.0667. The van der Waals surface area contributed by atoms with Crippen LogP contribution in [0.3, 0.4) is 0 Å². The molecule has 0 amide bonds. The molecular formula is C15H12ClN3. The fourth-order valence-electron chi connectivity index (χ4n) is 2.07. The maximum Gasteiger partial charge on any atom is 0.135 e. The number of halogens is 1. The molecule has 0 fully saturated rings. The van der Waals surface area contributed by atoms with Crippen LogP contribution in [0.1, 0.15) is 5.82 Å². The number of benzene rings is 2. The number of anilines is 2. The molecule has 0 bridgehead atoms. The van der Waals surface area contributed by atoms with Crippen molar-refractivity contribution in [2.45, 2.75) is 6.92 Å². The van der Waals surface area contributed by atoms with E-state index in [0.717, 1.165) is 11.1 Å². The summed E-state index contributed by atoms with van der Waals surface area (Å²) in [7, 11) is 0. The Balaban J connectivity index is 2.05. The summed E-state index contributed by atoms with van der Waals surface area (Å²) in [5, 5.41) is 6.07. The van der Waals surface area contributed by atoms with Gasteiger partial charge < -0.3 is 5.32 Å². The molecule has 0 spiro atoms. The second-order valence-corrected chi connectivity index (χ2v) is 4.66. The van der Waals surface area contributed by atoms with Crippen molar-refractivity contribution in [2.24, 2.45) is 0 Å². The molecule has 4 heteroatoms. The third-order valence-corrected chi connectivity index (χ3v) is 3.05. The smallest absolute Gasteiger partial charge is 0.135 e. The van der Waals surface area contributed by atoms with Crippen LogP contribution >= 0.6 is 11.6 Å². The van der Waals surface area contributed by atoms with Gasteiger partial charge in [0.2, 0.25) is 0 Å². The molecule has 3 rings (SSSR count). The average Bonchev–Trinajstić information content (AvgIpc) is 2.38. The Kier molecular flexibility index (Phi) is 3.05. The highest BCUT2D eigenvalue weighted by Crippen LogP contribution is 2.26. The molecule has 0 aliphatic rings. The molecule has 0 atom stereocenters. The SMILES string of the molecule is Cc1nc(Cl)cc(Nc2cccc3ccccc23)n1. The molecule has 2 aromatic carbocycles. The Morgan fingerprint density at radius 2 is 1.79 bits per heavy atom. The first kappa shape index (κ1) is 11.9. The molecule has 1 N–H and O–H groups in total. The monoisotopic (exact) mass is 269 g/mol. The van der Waals surface area contributed by atoms with Gasteiger partial charge in [-0.3, -0.25) is 0 Å². The highest BCUT2D eigenvalue weighted by atomic mass is 35.5. The van der Waals surface area contributed by atoms with Crippen molar-refractivity contribution in [3.63, 3.8) is 0 Å². The number of nitrogens with zero attached hydrogens (tertiary/aromatic N) is 2. The lowest BCUT2D eigenvalue weighted by Crippen LogP contribution is -1.97. The summed E-state index contributed by atoms with van der Waals surface area (Å²) in [6, 6.07) is 16.0. The van der Waals surface area contributed by atoms with E-state index in [1.807, 2.05) is 31.2 Å². The zero-order valence-corrected chi connectivity index (χ0v) is 11.1. The lowest BCUT2D eigenvalue weighted by Gasteiger charge is -2.09. The molecule has 0 radical (unpaired) electrons. The number of aryl methyl sites for hydroxylation is 1. The third-order valence-electron chi connectivity index (χ3n) is 2.86. The highest BCUT2D eigenvalue weighted by molar-refractivity contribution is 6.29. The summed E-state index contributed by atoms with van der Waals surface area (Å²) in [5.41, 5.74) is 1.01. The summed E-state index contributed by atoms with van der Waals surface area (Å²) >= 11 is 5.94. The van der Waals surface area contributed by atoms with Gasteiger partial charge in [0.15, 0.2) is 0 Å². The maximum absolute atomic E-state index is 5.94. The van der Waals surface area contributed by atoms with Gasteiger partial charge >= 0.3 is 0 Å². The van der Waals surface area contributed by atoms with Crippen molar-refractivity contribution in [3.8, 4) is 0 Å². The van der Waals surface area contributed by atoms with Crippen LogP contribution in [0, 0.1) is 6.92 Å². The van der Waals surface area contributed by atoms with Crippen molar-refractivity contribution < 1.29 is 0 Å². The lowest BCUT2D eigenvalue weighted by atomic mass is 10.1. The van der Waals surface area contributed by atoms with E-state index in [-0.39, 0.29) is 0 Å². The van der Waals surface area contributed by atoms with E-state index >= 15 is 0 Å². The van der Waals surface area contributed by atoms with E-state index in [1.165, 1.54) is 5.39 Å². The second kappa shape index (κ2) is 4.86. The summed E-state index contributed by atoms with van der Waals surface area (Å²) in [6.07, 6.45) is 0. The number of fused-ring (bicyclic) bond motifs is 1. The van der Waals surface area contributed by atoms with Gasteiger partial charge in [-0.15, -0.1) is 0 Å². The number of aromatic nitrogens is 2. The van der Waals surface area contributed by atoms with Gasteiger partial charge in [-0.1, -0.05) is 48.0 Å². The second-order valence-electron chi connectivity index (χ2n) is 4.27. The van der Waals surface area contributed by atoms with Crippen LogP contribution in [0.15, 0.2) is 48.5 Å². The summed E-state index contributed by atoms with van der Waals surface area (Å²) in [4.78, 5) is 8.38. The number of nitrogens with one attached hydrogen (secondary N) is 1. The van der Waals surface area contributed by atoms with Gasteiger partial charge in [-0.25, -0.2) is 9.97 Å². The molecule has 1 heterocycles. The molecular weight excluding hydrogens is 258 g/mol. The predicted molar refractivity (Wildman–Crippen MR) is 79.0 cm³/mol. The molecule has 1 aromatic heterocycles. The molecule has 0 saturated heterocycles. The summed E-state index contributed by atoms with van der Waals surface area (Å²) in [6.45, 7) is 1.82. The Hall–Kier alpha value is -2.13. The minimum Gasteiger partial charge on any atom is -0.340 e. The molecule has 3 nitrogen and oxygen atoms in total. The van der Waals surface area contributed by atoms with Crippen LogP contribution in [0.5, 0.6) is 0 Å². The number of rotatable bonds is 2. The largest absolute Gasteiger partial charge is 0.340 e. The van der Waals surface area contributed by atoms with Gasteiger partial charge in [0.25, 0.3) is 0 Å². The average molecular weight is 270 g/mol. The molecule has 94 valence electrons. The Labute approximate surface area is 116 Å². The van der Waals surface area contributed by atoms with Crippen LogP contribution in [0.4, 0.5) is 11.5 Å². The summed E-state index contributed by atoms with van der Waals surface area (Å²) < 4.78 is 0. The third kappa shape index (κ3) is 2.51.